The van der Waals surface area contributed by atoms with Gasteiger partial charge in [0.25, 0.3) is 0 Å². The molecule has 0 saturated heterocycles. The largest absolute Gasteiger partial charge is 0.490 e. The van der Waals surface area contributed by atoms with Gasteiger partial charge in [-0.3, -0.25) is 0 Å². The number of hydrogen-bond acceptors (Lipinski definition) is 7. The van der Waals surface area contributed by atoms with Crippen LogP contribution in [0.5, 0.6) is 17.5 Å². The van der Waals surface area contributed by atoms with E-state index in [1.54, 1.807) is 0 Å². The fourth-order valence-corrected chi connectivity index (χ4v) is 3.43. The molecule has 0 fully saturated rings. The molecular weight excluding hydrogens is 422 g/mol. The highest BCUT2D eigenvalue weighted by atomic mass is 16.5. The van der Waals surface area contributed by atoms with Gasteiger partial charge in [0.1, 0.15) is 0 Å². The molecule has 3 aromatic carbocycles. The summed E-state index contributed by atoms with van der Waals surface area (Å²) in [6, 6.07) is 21.1. The van der Waals surface area contributed by atoms with E-state index < -0.39 is 0 Å². The first-order valence-corrected chi connectivity index (χ1v) is 10.4. The monoisotopic (exact) mass is 443 g/mol. The Morgan fingerprint density at radius 2 is 1.82 bits per heavy atom. The molecule has 0 aliphatic carbocycles. The van der Waals surface area contributed by atoms with Crippen LogP contribution in [0.2, 0.25) is 0 Å². The molecule has 0 saturated carbocycles. The van der Waals surface area contributed by atoms with Crippen LogP contribution in [0.1, 0.15) is 12.5 Å². The van der Waals surface area contributed by atoms with E-state index in [1.165, 1.54) is 4.68 Å². The van der Waals surface area contributed by atoms with Crippen LogP contribution in [-0.4, -0.2) is 36.8 Å². The van der Waals surface area contributed by atoms with E-state index in [2.05, 4.69) is 30.8 Å². The Bertz CT molecular complexity index is 1440. The number of imidazole rings is 1. The second-order valence-corrected chi connectivity index (χ2v) is 7.22. The minimum absolute atomic E-state index is 0.225. The fraction of sp³-hybridized carbons (Fsp3) is 0.130. The third-order valence-electron chi connectivity index (χ3n) is 4.96. The Hall–Kier alpha value is -4.60. The molecule has 33 heavy (non-hydrogen) atoms. The van der Waals surface area contributed by atoms with Crippen molar-refractivity contribution in [2.45, 2.75) is 13.5 Å². The topological polar surface area (TPSA) is 123 Å². The molecule has 0 radical (unpaired) electrons. The number of hydrogen-bond donors (Lipinski definition) is 3. The second kappa shape index (κ2) is 8.87. The molecule has 0 spiro atoms. The maximum absolute atomic E-state index is 11.5. The molecule has 5 rings (SSSR count). The zero-order valence-corrected chi connectivity index (χ0v) is 17.8. The molecule has 166 valence electrons. The summed E-state index contributed by atoms with van der Waals surface area (Å²) >= 11 is 0. The first-order chi connectivity index (χ1) is 16.2. The Kier molecular flexibility index (Phi) is 5.46. The lowest BCUT2D eigenvalue weighted by atomic mass is 10.2. The van der Waals surface area contributed by atoms with Crippen molar-refractivity contribution >= 4 is 16.7 Å². The smallest absolute Gasteiger partial charge is 0.346 e. The van der Waals surface area contributed by atoms with Crippen LogP contribution in [-0.2, 0) is 6.54 Å². The van der Waals surface area contributed by atoms with Crippen molar-refractivity contribution in [3.8, 4) is 23.2 Å². The van der Waals surface area contributed by atoms with E-state index >= 15 is 0 Å². The Balaban J connectivity index is 1.35. The lowest BCUT2D eigenvalue weighted by Gasteiger charge is -2.13. The number of nitrogens with zero attached hydrogens (tertiary/aromatic N) is 4. The summed E-state index contributed by atoms with van der Waals surface area (Å²) in [6.07, 6.45) is 0. The quantitative estimate of drug-likeness (QED) is 0.335. The number of nitrogens with one attached hydrogen (secondary N) is 3. The first kappa shape index (κ1) is 20.3. The van der Waals surface area contributed by atoms with Gasteiger partial charge < -0.3 is 24.8 Å². The minimum Gasteiger partial charge on any atom is -0.490 e. The van der Waals surface area contributed by atoms with Gasteiger partial charge in [0.2, 0.25) is 0 Å². The first-order valence-electron chi connectivity index (χ1n) is 10.4. The second-order valence-electron chi connectivity index (χ2n) is 7.22. The molecule has 0 bridgehead atoms. The molecule has 5 aromatic rings. The van der Waals surface area contributed by atoms with Gasteiger partial charge in [0.05, 0.1) is 23.3 Å². The van der Waals surface area contributed by atoms with Gasteiger partial charge in [0, 0.05) is 12.2 Å². The predicted octanol–water partition coefficient (Wildman–Crippen LogP) is 3.64. The number of H-pyrrole nitrogens is 2. The van der Waals surface area contributed by atoms with E-state index in [0.29, 0.717) is 24.7 Å². The van der Waals surface area contributed by atoms with E-state index in [0.717, 1.165) is 28.0 Å². The fourth-order valence-electron chi connectivity index (χ4n) is 3.43. The van der Waals surface area contributed by atoms with E-state index in [9.17, 15) is 4.79 Å². The Morgan fingerprint density at radius 3 is 2.67 bits per heavy atom. The van der Waals surface area contributed by atoms with Gasteiger partial charge in [-0.05, 0) is 65.4 Å². The Morgan fingerprint density at radius 1 is 0.970 bits per heavy atom. The molecule has 2 heterocycles. The standard InChI is InChI=1S/C23H21N7O3/c1-2-32-21-12-15(14-24-16-9-10-18-19(13-16)26-22(31)25-18)8-11-20(21)33-23-27-28-29-30(23)17-6-4-3-5-7-17/h3-13,24H,2,14H2,1H3,(H2,25,26,31). The van der Waals surface area contributed by atoms with Crippen molar-refractivity contribution in [2.24, 2.45) is 0 Å². The third kappa shape index (κ3) is 4.40. The highest BCUT2D eigenvalue weighted by molar-refractivity contribution is 5.78. The molecule has 10 nitrogen and oxygen atoms in total. The predicted molar refractivity (Wildman–Crippen MR) is 123 cm³/mol. The Labute approximate surface area is 188 Å². The number of anilines is 1. The number of aromatic nitrogens is 6. The molecule has 2 aromatic heterocycles. The molecule has 0 atom stereocenters. The van der Waals surface area contributed by atoms with Gasteiger partial charge in [0.15, 0.2) is 11.5 Å². The number of fused-ring (bicyclic) bond motifs is 1. The lowest BCUT2D eigenvalue weighted by Crippen LogP contribution is -2.03. The molecule has 0 amide bonds. The zero-order chi connectivity index (χ0) is 22.6. The maximum Gasteiger partial charge on any atom is 0.346 e. The summed E-state index contributed by atoms with van der Waals surface area (Å²) in [5, 5.41) is 15.1. The van der Waals surface area contributed by atoms with Crippen molar-refractivity contribution < 1.29 is 9.47 Å². The number of ether oxygens (including phenoxy) is 2. The zero-order valence-electron chi connectivity index (χ0n) is 17.8. The van der Waals surface area contributed by atoms with Gasteiger partial charge in [-0.15, -0.1) is 0 Å². The van der Waals surface area contributed by atoms with Crippen LogP contribution in [0.15, 0.2) is 71.5 Å². The van der Waals surface area contributed by atoms with Gasteiger partial charge in [-0.2, -0.15) is 4.68 Å². The summed E-state index contributed by atoms with van der Waals surface area (Å²) < 4.78 is 13.3. The van der Waals surface area contributed by atoms with Crippen LogP contribution in [0.25, 0.3) is 16.7 Å². The summed E-state index contributed by atoms with van der Waals surface area (Å²) in [6.45, 7) is 2.95. The number of tetrazole rings is 1. The molecule has 10 heteroatoms. The average molecular weight is 443 g/mol. The summed E-state index contributed by atoms with van der Waals surface area (Å²) in [7, 11) is 0. The van der Waals surface area contributed by atoms with Crippen LogP contribution in [0, 0.1) is 0 Å². The third-order valence-corrected chi connectivity index (χ3v) is 4.96. The van der Waals surface area contributed by atoms with Gasteiger partial charge in [-0.25, -0.2) is 4.79 Å². The molecular formula is C23H21N7O3. The van der Waals surface area contributed by atoms with E-state index in [1.807, 2.05) is 73.7 Å². The van der Waals surface area contributed by atoms with Crippen LogP contribution in [0.4, 0.5) is 5.69 Å². The highest BCUT2D eigenvalue weighted by Crippen LogP contribution is 2.32. The number of aromatic amines is 2. The summed E-state index contributed by atoms with van der Waals surface area (Å²) in [5.41, 5.74) is 3.96. The number of para-hydroxylation sites is 1. The average Bonchev–Trinajstić information content (AvgIpc) is 3.45. The van der Waals surface area contributed by atoms with Crippen molar-refractivity contribution in [2.75, 3.05) is 11.9 Å². The van der Waals surface area contributed by atoms with Gasteiger partial charge in [-0.1, -0.05) is 29.4 Å². The van der Waals surface area contributed by atoms with Crippen molar-refractivity contribution in [1.29, 1.82) is 0 Å². The van der Waals surface area contributed by atoms with Crippen LogP contribution in [0.3, 0.4) is 0 Å². The lowest BCUT2D eigenvalue weighted by molar-refractivity contribution is 0.315. The normalized spacial score (nSPS) is 10.9. The SMILES string of the molecule is CCOc1cc(CNc2ccc3[nH]c(=O)[nH]c3c2)ccc1Oc1nnnn1-c1ccccc1. The minimum atomic E-state index is -0.225. The van der Waals surface area contributed by atoms with Crippen molar-refractivity contribution in [1.82, 2.24) is 30.2 Å². The summed E-state index contributed by atoms with van der Waals surface area (Å²) in [4.78, 5) is 17.0. The number of benzene rings is 3. The highest BCUT2D eigenvalue weighted by Gasteiger charge is 2.14. The van der Waals surface area contributed by atoms with Crippen LogP contribution >= 0.6 is 0 Å². The molecule has 0 unspecified atom stereocenters. The maximum atomic E-state index is 11.5. The molecule has 0 aliphatic rings. The number of rotatable bonds is 8. The van der Waals surface area contributed by atoms with E-state index in [4.69, 9.17) is 9.47 Å². The van der Waals surface area contributed by atoms with E-state index in [-0.39, 0.29) is 11.7 Å². The van der Waals surface area contributed by atoms with Crippen LogP contribution < -0.4 is 20.5 Å². The van der Waals surface area contributed by atoms with Gasteiger partial charge >= 0.3 is 11.7 Å². The van der Waals surface area contributed by atoms with Crippen molar-refractivity contribution in [3.63, 3.8) is 0 Å². The van der Waals surface area contributed by atoms with Crippen molar-refractivity contribution in [3.05, 3.63) is 82.8 Å². The molecule has 0 aliphatic heterocycles. The summed E-state index contributed by atoms with van der Waals surface area (Å²) in [5.74, 6) is 1.10. The molecule has 3 N–H and O–H groups in total.